The zero-order valence-electron chi connectivity index (χ0n) is 24.0. The summed E-state index contributed by atoms with van der Waals surface area (Å²) in [6, 6.07) is 30.7. The summed E-state index contributed by atoms with van der Waals surface area (Å²) in [4.78, 5) is 29.4. The van der Waals surface area contributed by atoms with Crippen LogP contribution in [0.15, 0.2) is 109 Å². The number of benzene rings is 4. The van der Waals surface area contributed by atoms with Gasteiger partial charge >= 0.3 is 0 Å². The number of para-hydroxylation sites is 1. The van der Waals surface area contributed by atoms with Crippen molar-refractivity contribution in [1.29, 1.82) is 0 Å². The molecule has 1 aliphatic heterocycles. The molecule has 1 aliphatic rings. The van der Waals surface area contributed by atoms with Crippen LogP contribution >= 0.6 is 0 Å². The normalized spacial score (nSPS) is 16.2. The van der Waals surface area contributed by atoms with Crippen LogP contribution in [0.5, 0.6) is 17.2 Å². The van der Waals surface area contributed by atoms with Gasteiger partial charge in [0, 0.05) is 5.57 Å². The van der Waals surface area contributed by atoms with Gasteiger partial charge in [0.15, 0.2) is 0 Å². The number of nitrogens with one attached hydrogen (secondary N) is 1. The molecule has 0 aliphatic carbocycles. The number of ether oxygens (including phenoxy) is 2. The molecule has 4 aromatic carbocycles. The summed E-state index contributed by atoms with van der Waals surface area (Å²) in [5.74, 6) is -0.0520. The Morgan fingerprint density at radius 3 is 2.24 bits per heavy atom. The summed E-state index contributed by atoms with van der Waals surface area (Å²) < 4.78 is 12.0. The molecule has 7 nitrogen and oxygen atoms in total. The number of nitrogens with zero attached hydrogens (tertiary/aromatic N) is 1. The number of aryl methyl sites for hydroxylation is 1. The maximum Gasteiger partial charge on any atom is 0.295 e. The van der Waals surface area contributed by atoms with E-state index in [1.807, 2.05) is 93.8 Å². The molecule has 1 atom stereocenters. The highest BCUT2D eigenvalue weighted by atomic mass is 16.5. The largest absolute Gasteiger partial charge is 0.872 e. The lowest BCUT2D eigenvalue weighted by Crippen LogP contribution is -3.06. The molecule has 1 saturated heterocycles. The van der Waals surface area contributed by atoms with E-state index in [-0.39, 0.29) is 5.57 Å². The highest BCUT2D eigenvalue weighted by Gasteiger charge is 2.44. The van der Waals surface area contributed by atoms with Crippen molar-refractivity contribution in [3.63, 3.8) is 0 Å². The second kappa shape index (κ2) is 12.7. The fourth-order valence-corrected chi connectivity index (χ4v) is 5.01. The van der Waals surface area contributed by atoms with Gasteiger partial charge in [-0.3, -0.25) is 9.59 Å². The van der Waals surface area contributed by atoms with Crippen molar-refractivity contribution >= 4 is 17.4 Å². The van der Waals surface area contributed by atoms with Crippen LogP contribution in [0, 0.1) is 6.92 Å². The third-order valence-electron chi connectivity index (χ3n) is 7.21. The second-order valence-corrected chi connectivity index (χ2v) is 10.7. The van der Waals surface area contributed by atoms with E-state index >= 15 is 0 Å². The van der Waals surface area contributed by atoms with E-state index in [1.54, 1.807) is 30.3 Å². The number of Topliss-reactive ketones (excluding diaryl/α,β-unsaturated/α-hetero) is 1. The van der Waals surface area contributed by atoms with Crippen molar-refractivity contribution in [1.82, 2.24) is 4.90 Å². The van der Waals surface area contributed by atoms with Crippen LogP contribution in [0.1, 0.15) is 28.3 Å². The molecule has 1 heterocycles. The molecule has 214 valence electrons. The molecule has 5 rings (SSSR count). The van der Waals surface area contributed by atoms with Crippen LogP contribution in [0.25, 0.3) is 5.76 Å². The smallest absolute Gasteiger partial charge is 0.295 e. The van der Waals surface area contributed by atoms with Crippen LogP contribution < -0.4 is 19.5 Å². The standard InChI is InChI=1S/C35H34N2O5/c1-24-21-27(17-18-30(24)41-23-25-11-6-4-7-12-25)33(38)31-32(37(20-19-36(2)3)35(40)34(31)39)26-13-10-16-29(22-26)42-28-14-8-5-9-15-28/h4-18,21-22,32,38H,19-20,23H2,1-3H3. The second-order valence-electron chi connectivity index (χ2n) is 10.7. The van der Waals surface area contributed by atoms with E-state index < -0.39 is 23.5 Å². The number of hydrogen-bond donors (Lipinski definition) is 1. The lowest BCUT2D eigenvalue weighted by molar-refractivity contribution is -0.857. The first-order valence-electron chi connectivity index (χ1n) is 14.0. The fraction of sp³-hybridized carbons (Fsp3) is 0.200. The predicted octanol–water partition coefficient (Wildman–Crippen LogP) is 3.73. The Balaban J connectivity index is 1.50. The molecular weight excluding hydrogens is 528 g/mol. The van der Waals surface area contributed by atoms with Crippen LogP contribution in [0.2, 0.25) is 0 Å². The molecule has 4 aromatic rings. The number of rotatable bonds is 10. The number of likely N-dealkylation sites (tertiary alicyclic amines) is 1. The van der Waals surface area contributed by atoms with Crippen LogP contribution in [0.4, 0.5) is 0 Å². The van der Waals surface area contributed by atoms with Gasteiger partial charge in [0.2, 0.25) is 5.78 Å². The summed E-state index contributed by atoms with van der Waals surface area (Å²) in [6.45, 7) is 3.19. The van der Waals surface area contributed by atoms with Gasteiger partial charge in [-0.05, 0) is 65.6 Å². The molecular formula is C35H34N2O5. The third-order valence-corrected chi connectivity index (χ3v) is 7.21. The number of ketones is 1. The molecule has 0 aromatic heterocycles. The minimum absolute atomic E-state index is 0.0528. The summed E-state index contributed by atoms with van der Waals surface area (Å²) in [6.07, 6.45) is 0. The zero-order chi connectivity index (χ0) is 29.6. The zero-order valence-corrected chi connectivity index (χ0v) is 24.0. The monoisotopic (exact) mass is 562 g/mol. The van der Waals surface area contributed by atoms with E-state index in [1.165, 1.54) is 4.90 Å². The van der Waals surface area contributed by atoms with Gasteiger partial charge in [0.25, 0.3) is 5.91 Å². The topological polar surface area (TPSA) is 83.3 Å². The number of likely N-dealkylation sites (N-methyl/N-ethyl adjacent to an activating group) is 1. The Bertz CT molecular complexity index is 1600. The molecule has 0 bridgehead atoms. The van der Waals surface area contributed by atoms with Crippen molar-refractivity contribution in [2.75, 3.05) is 27.2 Å². The van der Waals surface area contributed by atoms with E-state index in [0.717, 1.165) is 16.0 Å². The molecule has 7 heteroatoms. The van der Waals surface area contributed by atoms with Crippen molar-refractivity contribution in [3.05, 3.63) is 131 Å². The molecule has 1 N–H and O–H groups in total. The van der Waals surface area contributed by atoms with Gasteiger partial charge in [-0.25, -0.2) is 0 Å². The molecule has 0 spiro atoms. The molecule has 0 saturated carbocycles. The quantitative estimate of drug-likeness (QED) is 0.181. The molecule has 1 fully saturated rings. The van der Waals surface area contributed by atoms with E-state index in [9.17, 15) is 14.7 Å². The highest BCUT2D eigenvalue weighted by Crippen LogP contribution is 2.40. The van der Waals surface area contributed by atoms with Gasteiger partial charge in [0.1, 0.15) is 23.9 Å². The lowest BCUT2D eigenvalue weighted by Gasteiger charge is -2.28. The molecule has 0 radical (unpaired) electrons. The van der Waals surface area contributed by atoms with Gasteiger partial charge < -0.3 is 24.4 Å². The Morgan fingerprint density at radius 1 is 0.857 bits per heavy atom. The first-order chi connectivity index (χ1) is 20.3. The van der Waals surface area contributed by atoms with E-state index in [2.05, 4.69) is 0 Å². The predicted molar refractivity (Wildman–Crippen MR) is 159 cm³/mol. The van der Waals surface area contributed by atoms with Crippen molar-refractivity contribution in [2.45, 2.75) is 19.6 Å². The first-order valence-corrected chi connectivity index (χ1v) is 14.0. The fourth-order valence-electron chi connectivity index (χ4n) is 5.01. The van der Waals surface area contributed by atoms with Crippen LogP contribution in [0.3, 0.4) is 0 Å². The molecule has 42 heavy (non-hydrogen) atoms. The Labute approximate surface area is 246 Å². The summed E-state index contributed by atoms with van der Waals surface area (Å²) in [5.41, 5.74) is 2.71. The van der Waals surface area contributed by atoms with Crippen molar-refractivity contribution < 1.29 is 29.1 Å². The Hall–Kier alpha value is -4.88. The van der Waals surface area contributed by atoms with Crippen molar-refractivity contribution in [3.8, 4) is 17.2 Å². The first kappa shape index (κ1) is 28.6. The SMILES string of the molecule is Cc1cc(C([O-])=C2C(=O)C(=O)N(CC[NH+](C)C)C2c2cccc(Oc3ccccc3)c2)ccc1OCc1ccccc1. The van der Waals surface area contributed by atoms with Gasteiger partial charge in [-0.2, -0.15) is 0 Å². The Morgan fingerprint density at radius 2 is 1.55 bits per heavy atom. The number of hydrogen-bond acceptors (Lipinski definition) is 5. The third kappa shape index (κ3) is 6.37. The number of quaternary nitrogens is 1. The maximum absolute atomic E-state index is 14.0. The maximum atomic E-state index is 14.0. The highest BCUT2D eigenvalue weighted by molar-refractivity contribution is 6.46. The van der Waals surface area contributed by atoms with Gasteiger partial charge in [-0.15, -0.1) is 0 Å². The summed E-state index contributed by atoms with van der Waals surface area (Å²) in [5, 5.41) is 14.0. The number of carbonyl (C=O) groups is 2. The van der Waals surface area contributed by atoms with Crippen LogP contribution in [-0.2, 0) is 16.2 Å². The Kier molecular flexibility index (Phi) is 8.69. The minimum atomic E-state index is -0.828. The molecule has 1 unspecified atom stereocenters. The average molecular weight is 563 g/mol. The van der Waals surface area contributed by atoms with Gasteiger partial charge in [0.05, 0.1) is 33.2 Å². The van der Waals surface area contributed by atoms with Crippen LogP contribution in [-0.4, -0.2) is 43.8 Å². The van der Waals surface area contributed by atoms with Crippen molar-refractivity contribution in [2.24, 2.45) is 0 Å². The summed E-state index contributed by atoms with van der Waals surface area (Å²) in [7, 11) is 3.96. The van der Waals surface area contributed by atoms with Gasteiger partial charge in [-0.1, -0.05) is 72.5 Å². The lowest BCUT2D eigenvalue weighted by atomic mass is 9.94. The average Bonchev–Trinajstić information content (AvgIpc) is 3.25. The number of amides is 1. The minimum Gasteiger partial charge on any atom is -0.872 e. The van der Waals surface area contributed by atoms with E-state index in [4.69, 9.17) is 9.47 Å². The van der Waals surface area contributed by atoms with E-state index in [0.29, 0.717) is 48.1 Å². The molecule has 1 amide bonds. The summed E-state index contributed by atoms with van der Waals surface area (Å²) >= 11 is 0. The number of carbonyl (C=O) groups excluding carboxylic acids is 2.